The number of rotatable bonds is 11. The van der Waals surface area contributed by atoms with Gasteiger partial charge in [0.15, 0.2) is 0 Å². The fourth-order valence-corrected chi connectivity index (χ4v) is 6.13. The summed E-state index contributed by atoms with van der Waals surface area (Å²) in [6.07, 6.45) is 9.24. The molecule has 5 rings (SSSR count). The first-order chi connectivity index (χ1) is 21.4. The second kappa shape index (κ2) is 14.4. The van der Waals surface area contributed by atoms with Crippen LogP contribution in [0.5, 0.6) is 5.75 Å². The Morgan fingerprint density at radius 1 is 1.16 bits per heavy atom. The van der Waals surface area contributed by atoms with Crippen LogP contribution < -0.4 is 10.1 Å². The van der Waals surface area contributed by atoms with Crippen LogP contribution in [-0.4, -0.2) is 76.7 Å². The smallest absolute Gasteiger partial charge is 0.308 e. The van der Waals surface area contributed by atoms with Gasteiger partial charge < -0.3 is 19.5 Å². The van der Waals surface area contributed by atoms with E-state index >= 15 is 0 Å². The number of carbonyl (C=O) groups is 2. The number of benzene rings is 2. The fourth-order valence-electron chi connectivity index (χ4n) is 6.13. The van der Waals surface area contributed by atoms with Crippen LogP contribution in [0.2, 0.25) is 0 Å². The number of amides is 2. The molecule has 10 nitrogen and oxygen atoms in total. The number of hydrogen-bond donors (Lipinski definition) is 1. The molecule has 232 valence electrons. The molecule has 0 radical (unpaired) electrons. The molecule has 1 N–H and O–H groups in total. The predicted octanol–water partition coefficient (Wildman–Crippen LogP) is 4.73. The van der Waals surface area contributed by atoms with Crippen LogP contribution in [0.1, 0.15) is 61.7 Å². The van der Waals surface area contributed by atoms with Gasteiger partial charge in [-0.3, -0.25) is 9.59 Å². The summed E-state index contributed by atoms with van der Waals surface area (Å²) in [5.74, 6) is 0.801. The number of halogens is 1. The van der Waals surface area contributed by atoms with Crippen LogP contribution in [0.25, 0.3) is 11.4 Å². The van der Waals surface area contributed by atoms with Crippen molar-refractivity contribution in [1.29, 1.82) is 5.26 Å². The topological polar surface area (TPSA) is 121 Å². The zero-order chi connectivity index (χ0) is 30.9. The number of nitriles is 1. The highest BCUT2D eigenvalue weighted by Crippen LogP contribution is 2.29. The van der Waals surface area contributed by atoms with Crippen molar-refractivity contribution in [2.45, 2.75) is 57.9 Å². The Morgan fingerprint density at radius 3 is 2.70 bits per heavy atom. The Bertz CT molecular complexity index is 1470. The third kappa shape index (κ3) is 7.80. The van der Waals surface area contributed by atoms with Crippen LogP contribution in [-0.2, 0) is 11.2 Å². The molecule has 2 aromatic carbocycles. The molecule has 1 unspecified atom stereocenters. The number of hydrogen-bond acceptors (Lipinski definition) is 7. The van der Waals surface area contributed by atoms with Crippen molar-refractivity contribution in [3.05, 3.63) is 65.8 Å². The van der Waals surface area contributed by atoms with E-state index in [1.807, 2.05) is 6.07 Å². The summed E-state index contributed by atoms with van der Waals surface area (Å²) in [5, 5.41) is 16.8. The normalized spacial score (nSPS) is 19.6. The van der Waals surface area contributed by atoms with Crippen molar-refractivity contribution in [1.82, 2.24) is 20.4 Å². The van der Waals surface area contributed by atoms with Crippen LogP contribution in [0.3, 0.4) is 0 Å². The van der Waals surface area contributed by atoms with Gasteiger partial charge in [0.05, 0.1) is 31.8 Å². The minimum absolute atomic E-state index is 0.160. The average Bonchev–Trinajstić information content (AvgIpc) is 3.68. The lowest BCUT2D eigenvalue weighted by molar-refractivity contribution is -0.864. The van der Waals surface area contributed by atoms with Gasteiger partial charge in [-0.2, -0.15) is 4.98 Å². The van der Waals surface area contributed by atoms with Gasteiger partial charge in [-0.1, -0.05) is 36.2 Å². The van der Waals surface area contributed by atoms with E-state index in [9.17, 15) is 19.2 Å². The third-order valence-corrected chi connectivity index (χ3v) is 8.68. The number of aromatic nitrogens is 2. The van der Waals surface area contributed by atoms with E-state index in [1.165, 1.54) is 31.7 Å². The Balaban J connectivity index is 1.08. The van der Waals surface area contributed by atoms with Crippen molar-refractivity contribution < 1.29 is 27.7 Å². The van der Waals surface area contributed by atoms with Crippen LogP contribution >= 0.6 is 0 Å². The van der Waals surface area contributed by atoms with Gasteiger partial charge in [0.2, 0.25) is 17.6 Å². The minimum Gasteiger partial charge on any atom is -0.493 e. The lowest BCUT2D eigenvalue weighted by atomic mass is 10.0. The molecule has 2 fully saturated rings. The van der Waals surface area contributed by atoms with Crippen LogP contribution in [0.15, 0.2) is 53.1 Å². The largest absolute Gasteiger partial charge is 0.493 e. The summed E-state index contributed by atoms with van der Waals surface area (Å²) in [5.41, 5.74) is 0.768. The van der Waals surface area contributed by atoms with E-state index in [2.05, 4.69) is 21.7 Å². The van der Waals surface area contributed by atoms with Crippen molar-refractivity contribution in [3.8, 4) is 23.3 Å². The Morgan fingerprint density at radius 2 is 1.95 bits per heavy atom. The number of nitrogens with one attached hydrogen (secondary N) is 1. The second-order valence-electron chi connectivity index (χ2n) is 11.9. The first-order valence-corrected chi connectivity index (χ1v) is 15.5. The van der Waals surface area contributed by atoms with E-state index in [0.29, 0.717) is 75.3 Å². The maximum Gasteiger partial charge on any atom is 0.308 e. The molecule has 2 aliphatic rings. The monoisotopic (exact) mass is 603 g/mol. The molecule has 1 aliphatic heterocycles. The van der Waals surface area contributed by atoms with Crippen LogP contribution in [0, 0.1) is 23.2 Å². The molecule has 1 saturated heterocycles. The summed E-state index contributed by atoms with van der Waals surface area (Å²) >= 11 is 0. The molecule has 1 saturated carbocycles. The Kier molecular flexibility index (Phi) is 10.2. The molecule has 1 aliphatic carbocycles. The van der Waals surface area contributed by atoms with E-state index in [4.69, 9.17) is 9.26 Å². The molecule has 44 heavy (non-hydrogen) atoms. The van der Waals surface area contributed by atoms with Gasteiger partial charge in [0.1, 0.15) is 24.2 Å². The number of quaternary nitrogens is 1. The molecule has 1 aromatic heterocycles. The highest BCUT2D eigenvalue weighted by Gasteiger charge is 2.34. The minimum atomic E-state index is -0.677. The van der Waals surface area contributed by atoms with Gasteiger partial charge in [-0.05, 0) is 49.9 Å². The Hall–Kier alpha value is -4.30. The molecular weight excluding hydrogens is 563 g/mol. The maximum atomic E-state index is 14.9. The average molecular weight is 604 g/mol. The molecule has 3 aromatic rings. The van der Waals surface area contributed by atoms with E-state index in [0.717, 1.165) is 6.42 Å². The quantitative estimate of drug-likeness (QED) is 0.191. The summed E-state index contributed by atoms with van der Waals surface area (Å²) in [7, 11) is 0. The van der Waals surface area contributed by atoms with Crippen molar-refractivity contribution in [3.63, 3.8) is 0 Å². The summed E-state index contributed by atoms with van der Waals surface area (Å²) < 4.78 is 26.3. The van der Waals surface area contributed by atoms with E-state index < -0.39 is 11.9 Å². The molecule has 2 amide bonds. The molecule has 0 bridgehead atoms. The Labute approximate surface area is 257 Å². The summed E-state index contributed by atoms with van der Waals surface area (Å²) in [6.45, 7) is 4.59. The van der Waals surface area contributed by atoms with Gasteiger partial charge in [-0.15, -0.1) is 5.26 Å². The van der Waals surface area contributed by atoms with Crippen molar-refractivity contribution in [2.75, 3.05) is 39.3 Å². The first kappa shape index (κ1) is 31.1. The van der Waals surface area contributed by atoms with Crippen molar-refractivity contribution >= 4 is 11.8 Å². The molecule has 2 atom stereocenters. The summed E-state index contributed by atoms with van der Waals surface area (Å²) in [6, 6.07) is 12.7. The number of ether oxygens (including phenoxy) is 1. The van der Waals surface area contributed by atoms with Crippen LogP contribution in [0.4, 0.5) is 4.39 Å². The lowest BCUT2D eigenvalue weighted by Gasteiger charge is -2.28. The molecule has 0 spiro atoms. The summed E-state index contributed by atoms with van der Waals surface area (Å²) in [4.78, 5) is 31.7. The zero-order valence-electron chi connectivity index (χ0n) is 25.2. The predicted molar refractivity (Wildman–Crippen MR) is 161 cm³/mol. The van der Waals surface area contributed by atoms with Gasteiger partial charge in [0, 0.05) is 37.4 Å². The van der Waals surface area contributed by atoms with Gasteiger partial charge in [-0.25, -0.2) is 8.87 Å². The molecule has 11 heteroatoms. The first-order valence-electron chi connectivity index (χ1n) is 15.5. The standard InChI is InChI=1S/C33H39FN6O4/c1-24(36-32(41)26-11-3-2-4-12-26)33(42)39-15-7-17-40(23-35,19-16-39)18-8-20-43-27-13-14-28(29(34)22-27)31-37-30(44-38-31)21-25-9-5-6-10-25/h2-4,11-14,22,24-25H,5-10,15-21H2,1H3/p+1/t24-,40?/m1/s1. The van der Waals surface area contributed by atoms with Crippen molar-refractivity contribution in [2.24, 2.45) is 5.92 Å². The number of nitrogens with zero attached hydrogens (tertiary/aromatic N) is 5. The van der Waals surface area contributed by atoms with E-state index in [1.54, 1.807) is 48.2 Å². The van der Waals surface area contributed by atoms with Gasteiger partial charge in [0.25, 0.3) is 5.91 Å². The second-order valence-corrected chi connectivity index (χ2v) is 11.9. The van der Waals surface area contributed by atoms with E-state index in [-0.39, 0.29) is 27.7 Å². The molecule has 2 heterocycles. The molecular formula is C33H40FN6O4+. The zero-order valence-corrected chi connectivity index (χ0v) is 25.2. The third-order valence-electron chi connectivity index (χ3n) is 8.68. The van der Waals surface area contributed by atoms with Gasteiger partial charge >= 0.3 is 6.19 Å². The SMILES string of the molecule is C[C@@H](NC(=O)c1ccccc1)C(=O)N1CCC[N+](C#N)(CCCOc2ccc(-c3noc(CC4CCCC4)n3)c(F)c2)CC1. The fraction of sp³-hybridized carbons (Fsp3) is 0.485. The highest BCUT2D eigenvalue weighted by molar-refractivity contribution is 5.97. The maximum absolute atomic E-state index is 14.9. The lowest BCUT2D eigenvalue weighted by Crippen LogP contribution is -2.50. The number of carbonyl (C=O) groups excluding carboxylic acids is 2. The highest BCUT2D eigenvalue weighted by atomic mass is 19.1.